The zero-order valence-electron chi connectivity index (χ0n) is 30.9. The smallest absolute Gasteiger partial charge is 0.308 e. The van der Waals surface area contributed by atoms with Crippen LogP contribution < -0.4 is 0 Å². The van der Waals surface area contributed by atoms with Crippen molar-refractivity contribution >= 4 is 17.9 Å². The molecule has 0 saturated carbocycles. The molecule has 0 bridgehead atoms. The lowest BCUT2D eigenvalue weighted by Crippen LogP contribution is -2.47. The molecule has 51 heavy (non-hydrogen) atoms. The molecule has 0 saturated heterocycles. The molecule has 0 rings (SSSR count). The number of hydrogen-bond acceptors (Lipinski definition) is 15. The summed E-state index contributed by atoms with van der Waals surface area (Å²) in [4.78, 5) is 37.7. The fourth-order valence-corrected chi connectivity index (χ4v) is 5.56. The number of carbonyl (C=O) groups excluding carboxylic acids is 3. The molecule has 0 fully saturated rings. The lowest BCUT2D eigenvalue weighted by Gasteiger charge is -2.25. The van der Waals surface area contributed by atoms with Gasteiger partial charge in [-0.05, 0) is 38.5 Å². The average Bonchev–Trinajstić information content (AvgIpc) is 3.05. The lowest BCUT2D eigenvalue weighted by atomic mass is 10.0. The second kappa shape index (κ2) is 29.5. The van der Waals surface area contributed by atoms with Crippen molar-refractivity contribution in [2.24, 2.45) is 0 Å². The molecule has 0 aromatic rings. The highest BCUT2D eigenvalue weighted by Gasteiger charge is 2.31. The van der Waals surface area contributed by atoms with Gasteiger partial charge in [0.15, 0.2) is 0 Å². The highest BCUT2D eigenvalue weighted by atomic mass is 16.6. The predicted octanol–water partition coefficient (Wildman–Crippen LogP) is 1.31. The third-order valence-corrected chi connectivity index (χ3v) is 8.56. The molecule has 15 heteroatoms. The van der Waals surface area contributed by atoms with Gasteiger partial charge in [-0.15, -0.1) is 0 Å². The van der Waals surface area contributed by atoms with E-state index in [1.165, 1.54) is 0 Å². The Morgan fingerprint density at radius 1 is 0.490 bits per heavy atom. The zero-order chi connectivity index (χ0) is 38.8. The fraction of sp³-hybridized carbons (Fsp3) is 0.917. The van der Waals surface area contributed by atoms with Gasteiger partial charge >= 0.3 is 17.9 Å². The summed E-state index contributed by atoms with van der Waals surface area (Å²) in [5, 5.41) is 89.5. The molecule has 0 aliphatic heterocycles. The SMILES string of the molecule is CCCCC[C@H](O)C[C@H](O)CC(=O)O[C@H](CCCCC)C[C@H](O)CC(=O)O[C@H](CCCCC)C[C@H](O)CC(=O)OC[C@H](O)[C@H](O)[C@@H](O)[C@H](O)CO. The van der Waals surface area contributed by atoms with Gasteiger partial charge in [-0.3, -0.25) is 14.4 Å². The number of hydrogen-bond donors (Lipinski definition) is 9. The largest absolute Gasteiger partial charge is 0.463 e. The maximum atomic E-state index is 12.8. The fourth-order valence-electron chi connectivity index (χ4n) is 5.56. The second-order valence-corrected chi connectivity index (χ2v) is 13.6. The predicted molar refractivity (Wildman–Crippen MR) is 186 cm³/mol. The van der Waals surface area contributed by atoms with Gasteiger partial charge in [-0.1, -0.05) is 65.7 Å². The minimum atomic E-state index is -1.92. The first-order valence-corrected chi connectivity index (χ1v) is 18.8. The highest BCUT2D eigenvalue weighted by molar-refractivity contribution is 5.71. The summed E-state index contributed by atoms with van der Waals surface area (Å²) >= 11 is 0. The molecule has 0 aliphatic rings. The maximum Gasteiger partial charge on any atom is 0.308 e. The molecule has 0 radical (unpaired) electrons. The molecular weight excluding hydrogens is 672 g/mol. The van der Waals surface area contributed by atoms with E-state index in [1.54, 1.807) is 0 Å². The number of carbonyl (C=O) groups is 3. The van der Waals surface area contributed by atoms with Crippen LogP contribution in [0.1, 0.15) is 136 Å². The summed E-state index contributed by atoms with van der Waals surface area (Å²) in [6.45, 7) is 4.43. The van der Waals surface area contributed by atoms with E-state index in [1.807, 2.05) is 20.8 Å². The minimum Gasteiger partial charge on any atom is -0.463 e. The average molecular weight is 741 g/mol. The van der Waals surface area contributed by atoms with Crippen LogP contribution in [0.15, 0.2) is 0 Å². The molecule has 0 heterocycles. The van der Waals surface area contributed by atoms with Crippen molar-refractivity contribution in [2.45, 2.75) is 197 Å². The van der Waals surface area contributed by atoms with Crippen molar-refractivity contribution in [2.75, 3.05) is 13.2 Å². The van der Waals surface area contributed by atoms with E-state index in [-0.39, 0.29) is 25.7 Å². The van der Waals surface area contributed by atoms with E-state index in [4.69, 9.17) is 19.3 Å². The van der Waals surface area contributed by atoms with E-state index in [0.717, 1.165) is 51.4 Å². The molecule has 0 aromatic carbocycles. The lowest BCUT2D eigenvalue weighted by molar-refractivity contribution is -0.159. The normalized spacial score (nSPS) is 17.6. The van der Waals surface area contributed by atoms with Crippen LogP contribution >= 0.6 is 0 Å². The monoisotopic (exact) mass is 740 g/mol. The Hall–Kier alpha value is -1.95. The van der Waals surface area contributed by atoms with E-state index in [0.29, 0.717) is 25.7 Å². The zero-order valence-corrected chi connectivity index (χ0v) is 30.9. The third-order valence-electron chi connectivity index (χ3n) is 8.56. The first-order chi connectivity index (χ1) is 24.2. The Bertz CT molecular complexity index is 906. The molecule has 0 amide bonds. The topological polar surface area (TPSA) is 261 Å². The van der Waals surface area contributed by atoms with E-state index < -0.39 is 105 Å². The van der Waals surface area contributed by atoms with Gasteiger partial charge in [0.1, 0.15) is 43.2 Å². The van der Waals surface area contributed by atoms with Crippen LogP contribution in [0, 0.1) is 0 Å². The second-order valence-electron chi connectivity index (χ2n) is 13.6. The Kier molecular flexibility index (Phi) is 28.4. The van der Waals surface area contributed by atoms with Crippen molar-refractivity contribution in [1.29, 1.82) is 0 Å². The minimum absolute atomic E-state index is 0.0359. The molecule has 0 unspecified atom stereocenters. The molecular formula is C36H68O15. The number of esters is 3. The Balaban J connectivity index is 5.08. The summed E-state index contributed by atoms with van der Waals surface area (Å²) in [6.07, 6.45) is -5.43. The number of aliphatic hydroxyl groups excluding tert-OH is 9. The van der Waals surface area contributed by atoms with Crippen molar-refractivity contribution in [3.05, 3.63) is 0 Å². The van der Waals surface area contributed by atoms with Crippen molar-refractivity contribution in [3.63, 3.8) is 0 Å². The van der Waals surface area contributed by atoms with Crippen LogP contribution in [0.3, 0.4) is 0 Å². The summed E-state index contributed by atoms with van der Waals surface area (Å²) < 4.78 is 16.0. The van der Waals surface area contributed by atoms with Gasteiger partial charge in [0.2, 0.25) is 0 Å². The van der Waals surface area contributed by atoms with Gasteiger partial charge in [0.05, 0.1) is 50.3 Å². The number of ether oxygens (including phenoxy) is 3. The Morgan fingerprint density at radius 2 is 0.882 bits per heavy atom. The molecule has 0 aromatic heterocycles. The van der Waals surface area contributed by atoms with Crippen molar-refractivity contribution < 1.29 is 74.6 Å². The first kappa shape index (κ1) is 49.0. The first-order valence-electron chi connectivity index (χ1n) is 18.8. The number of unbranched alkanes of at least 4 members (excludes halogenated alkanes) is 6. The van der Waals surface area contributed by atoms with E-state index in [2.05, 4.69) is 0 Å². The van der Waals surface area contributed by atoms with Gasteiger partial charge < -0.3 is 60.2 Å². The van der Waals surface area contributed by atoms with Crippen molar-refractivity contribution in [1.82, 2.24) is 0 Å². The molecule has 0 aliphatic carbocycles. The molecule has 15 nitrogen and oxygen atoms in total. The molecule has 9 N–H and O–H groups in total. The summed E-state index contributed by atoms with van der Waals surface area (Å²) in [5.74, 6) is -2.35. The van der Waals surface area contributed by atoms with Gasteiger partial charge in [-0.2, -0.15) is 0 Å². The van der Waals surface area contributed by atoms with Gasteiger partial charge in [0.25, 0.3) is 0 Å². The Labute approximate surface area is 302 Å². The summed E-state index contributed by atoms with van der Waals surface area (Å²) in [5.41, 5.74) is 0. The van der Waals surface area contributed by atoms with Crippen LogP contribution in [-0.2, 0) is 28.6 Å². The van der Waals surface area contributed by atoms with Crippen LogP contribution in [-0.4, -0.2) is 138 Å². The molecule has 302 valence electrons. The maximum absolute atomic E-state index is 12.8. The Morgan fingerprint density at radius 3 is 1.31 bits per heavy atom. The van der Waals surface area contributed by atoms with Crippen LogP contribution in [0.5, 0.6) is 0 Å². The standard InChI is InChI=1S/C36H68O15/c1-4-7-10-13-24(38)16-25(39)20-33(45)50-29(15-12-9-6-3)18-27(41)21-34(46)51-28(14-11-8-5-2)17-26(40)19-32(44)49-23-31(43)36(48)35(47)30(42)22-37/h24-31,35-43,47-48H,4-23H2,1-3H3/t24-,25-,26-,27-,28+,29+,30+,31-,35-,36-/m0/s1. The van der Waals surface area contributed by atoms with Crippen LogP contribution in [0.2, 0.25) is 0 Å². The highest BCUT2D eigenvalue weighted by Crippen LogP contribution is 2.20. The third kappa shape index (κ3) is 24.8. The van der Waals surface area contributed by atoms with Crippen molar-refractivity contribution in [3.8, 4) is 0 Å². The molecule has 0 spiro atoms. The number of aliphatic hydroxyl groups is 9. The van der Waals surface area contributed by atoms with Gasteiger partial charge in [0, 0.05) is 12.8 Å². The quantitative estimate of drug-likeness (QED) is 0.0268. The van der Waals surface area contributed by atoms with E-state index >= 15 is 0 Å². The van der Waals surface area contributed by atoms with E-state index in [9.17, 15) is 55.2 Å². The van der Waals surface area contributed by atoms with Crippen LogP contribution in [0.25, 0.3) is 0 Å². The summed E-state index contributed by atoms with van der Waals surface area (Å²) in [6, 6.07) is 0. The van der Waals surface area contributed by atoms with Gasteiger partial charge in [-0.25, -0.2) is 0 Å². The van der Waals surface area contributed by atoms with Crippen LogP contribution in [0.4, 0.5) is 0 Å². The summed E-state index contributed by atoms with van der Waals surface area (Å²) in [7, 11) is 0. The number of rotatable bonds is 32. The molecule has 10 atom stereocenters.